The van der Waals surface area contributed by atoms with Crippen molar-refractivity contribution in [1.29, 1.82) is 0 Å². The van der Waals surface area contributed by atoms with Gasteiger partial charge in [-0.3, -0.25) is 4.79 Å². The van der Waals surface area contributed by atoms with Crippen LogP contribution in [0, 0.1) is 5.92 Å². The molecule has 0 unspecified atom stereocenters. The molecule has 1 amide bonds. The van der Waals surface area contributed by atoms with Gasteiger partial charge in [0.15, 0.2) is 0 Å². The van der Waals surface area contributed by atoms with Gasteiger partial charge in [-0.1, -0.05) is 19.4 Å². The van der Waals surface area contributed by atoms with Crippen LogP contribution >= 0.6 is 0 Å². The number of methoxy groups -OCH3 is 1. The molecule has 1 aromatic carbocycles. The lowest BCUT2D eigenvalue weighted by Gasteiger charge is -2.28. The fraction of sp³-hybridized carbons (Fsp3) is 0.562. The quantitative estimate of drug-likeness (QED) is 0.902. The molecule has 0 saturated heterocycles. The number of nitrogens with one attached hydrogen (secondary N) is 1. The van der Waals surface area contributed by atoms with E-state index < -0.39 is 0 Å². The van der Waals surface area contributed by atoms with Crippen LogP contribution in [0.15, 0.2) is 24.3 Å². The molecule has 1 saturated carbocycles. The van der Waals surface area contributed by atoms with E-state index in [0.717, 1.165) is 24.5 Å². The molecule has 0 atom stereocenters. The predicted molar refractivity (Wildman–Crippen MR) is 76.5 cm³/mol. The van der Waals surface area contributed by atoms with Gasteiger partial charge in [-0.15, -0.1) is 0 Å². The summed E-state index contributed by atoms with van der Waals surface area (Å²) >= 11 is 0. The molecule has 2 rings (SSSR count). The Hall–Kier alpha value is -1.51. The van der Waals surface area contributed by atoms with Gasteiger partial charge in [0.1, 0.15) is 5.75 Å². The fourth-order valence-corrected chi connectivity index (χ4v) is 2.75. The van der Waals surface area contributed by atoms with Crippen molar-refractivity contribution in [2.75, 3.05) is 7.11 Å². The Morgan fingerprint density at radius 3 is 2.68 bits per heavy atom. The lowest BCUT2D eigenvalue weighted by atomic mass is 9.84. The molecule has 0 heterocycles. The second-order valence-electron chi connectivity index (χ2n) is 5.33. The van der Waals surface area contributed by atoms with E-state index in [9.17, 15) is 4.79 Å². The van der Waals surface area contributed by atoms with Crippen molar-refractivity contribution in [3.05, 3.63) is 29.8 Å². The number of carbonyl (C=O) groups excluding carboxylic acids is 1. The number of ether oxygens (including phenoxy) is 1. The lowest BCUT2D eigenvalue weighted by Crippen LogP contribution is -2.37. The van der Waals surface area contributed by atoms with Gasteiger partial charge >= 0.3 is 0 Å². The van der Waals surface area contributed by atoms with Gasteiger partial charge in [0, 0.05) is 11.6 Å². The highest BCUT2D eigenvalue weighted by molar-refractivity contribution is 5.94. The van der Waals surface area contributed by atoms with Gasteiger partial charge in [-0.25, -0.2) is 0 Å². The minimum absolute atomic E-state index is 0.0128. The summed E-state index contributed by atoms with van der Waals surface area (Å²) in [5, 5.41) is 3.14. The third-order valence-corrected chi connectivity index (χ3v) is 4.09. The number of amides is 1. The Labute approximate surface area is 115 Å². The maximum absolute atomic E-state index is 12.2. The van der Waals surface area contributed by atoms with E-state index in [1.54, 1.807) is 13.2 Å². The average Bonchev–Trinajstić information content (AvgIpc) is 2.48. The van der Waals surface area contributed by atoms with Crippen LogP contribution in [-0.2, 0) is 0 Å². The van der Waals surface area contributed by atoms with E-state index in [1.165, 1.54) is 19.3 Å². The van der Waals surface area contributed by atoms with Crippen molar-refractivity contribution in [3.8, 4) is 5.75 Å². The van der Waals surface area contributed by atoms with Crippen LogP contribution in [0.25, 0.3) is 0 Å². The van der Waals surface area contributed by atoms with E-state index in [1.807, 2.05) is 18.2 Å². The van der Waals surface area contributed by atoms with E-state index in [2.05, 4.69) is 12.2 Å². The van der Waals surface area contributed by atoms with Gasteiger partial charge in [-0.05, 0) is 49.8 Å². The second-order valence-corrected chi connectivity index (χ2v) is 5.33. The third kappa shape index (κ3) is 3.72. The van der Waals surface area contributed by atoms with Crippen molar-refractivity contribution >= 4 is 5.91 Å². The van der Waals surface area contributed by atoms with Crippen LogP contribution in [0.2, 0.25) is 0 Å². The Morgan fingerprint density at radius 2 is 2.05 bits per heavy atom. The molecule has 1 N–H and O–H groups in total. The molecule has 3 nitrogen and oxygen atoms in total. The highest BCUT2D eigenvalue weighted by atomic mass is 16.5. The summed E-state index contributed by atoms with van der Waals surface area (Å²) in [4.78, 5) is 12.2. The van der Waals surface area contributed by atoms with Gasteiger partial charge < -0.3 is 10.1 Å². The molecule has 0 bridgehead atoms. The summed E-state index contributed by atoms with van der Waals surface area (Å²) in [5.41, 5.74) is 0.678. The molecule has 1 fully saturated rings. The summed E-state index contributed by atoms with van der Waals surface area (Å²) in [7, 11) is 1.61. The molecule has 3 heteroatoms. The van der Waals surface area contributed by atoms with Crippen molar-refractivity contribution in [2.24, 2.45) is 5.92 Å². The highest BCUT2D eigenvalue weighted by Crippen LogP contribution is 2.26. The first-order valence-electron chi connectivity index (χ1n) is 7.17. The zero-order valence-corrected chi connectivity index (χ0v) is 11.8. The standard InChI is InChI=1S/C16H23NO2/c1-3-12-7-9-14(10-8-12)17-16(18)13-5-4-6-15(11-13)19-2/h4-6,11-12,14H,3,7-10H2,1-2H3,(H,17,18). The third-order valence-electron chi connectivity index (χ3n) is 4.09. The van der Waals surface area contributed by atoms with Gasteiger partial charge in [-0.2, -0.15) is 0 Å². The zero-order chi connectivity index (χ0) is 13.7. The lowest BCUT2D eigenvalue weighted by molar-refractivity contribution is 0.0921. The molecular formula is C16H23NO2. The monoisotopic (exact) mass is 261 g/mol. The minimum Gasteiger partial charge on any atom is -0.497 e. The molecule has 1 aromatic rings. The molecular weight excluding hydrogens is 238 g/mol. The molecule has 0 aromatic heterocycles. The van der Waals surface area contributed by atoms with Crippen LogP contribution in [0.4, 0.5) is 0 Å². The predicted octanol–water partition coefficient (Wildman–Crippen LogP) is 3.39. The Balaban J connectivity index is 1.90. The summed E-state index contributed by atoms with van der Waals surface area (Å²) in [6.07, 6.45) is 5.94. The van der Waals surface area contributed by atoms with E-state index in [0.29, 0.717) is 11.6 Å². The summed E-state index contributed by atoms with van der Waals surface area (Å²) in [5.74, 6) is 1.59. The zero-order valence-electron chi connectivity index (χ0n) is 11.8. The van der Waals surface area contributed by atoms with Crippen LogP contribution < -0.4 is 10.1 Å². The second kappa shape index (κ2) is 6.60. The van der Waals surface area contributed by atoms with Crippen LogP contribution in [-0.4, -0.2) is 19.1 Å². The number of rotatable bonds is 4. The van der Waals surface area contributed by atoms with Crippen molar-refractivity contribution in [3.63, 3.8) is 0 Å². The maximum Gasteiger partial charge on any atom is 0.251 e. The number of hydrogen-bond acceptors (Lipinski definition) is 2. The maximum atomic E-state index is 12.2. The van der Waals surface area contributed by atoms with E-state index in [4.69, 9.17) is 4.74 Å². The van der Waals surface area contributed by atoms with Crippen LogP contribution in [0.3, 0.4) is 0 Å². The summed E-state index contributed by atoms with van der Waals surface area (Å²) in [6, 6.07) is 7.65. The van der Waals surface area contributed by atoms with Gasteiger partial charge in [0.05, 0.1) is 7.11 Å². The van der Waals surface area contributed by atoms with Crippen molar-refractivity contribution in [2.45, 2.75) is 45.1 Å². The van der Waals surface area contributed by atoms with Crippen LogP contribution in [0.5, 0.6) is 5.75 Å². The molecule has 104 valence electrons. The molecule has 0 spiro atoms. The highest BCUT2D eigenvalue weighted by Gasteiger charge is 2.21. The van der Waals surface area contributed by atoms with Gasteiger partial charge in [0.2, 0.25) is 0 Å². The van der Waals surface area contributed by atoms with E-state index in [-0.39, 0.29) is 5.91 Å². The van der Waals surface area contributed by atoms with Gasteiger partial charge in [0.25, 0.3) is 5.91 Å². The molecule has 0 radical (unpaired) electrons. The smallest absolute Gasteiger partial charge is 0.251 e. The Bertz CT molecular complexity index is 423. The topological polar surface area (TPSA) is 38.3 Å². The molecule has 19 heavy (non-hydrogen) atoms. The molecule has 1 aliphatic carbocycles. The SMILES string of the molecule is CCC1CCC(NC(=O)c2cccc(OC)c2)CC1. The normalized spacial score (nSPS) is 22.8. The van der Waals surface area contributed by atoms with Crippen molar-refractivity contribution in [1.82, 2.24) is 5.32 Å². The Morgan fingerprint density at radius 1 is 1.32 bits per heavy atom. The average molecular weight is 261 g/mol. The number of carbonyl (C=O) groups is 1. The van der Waals surface area contributed by atoms with Crippen LogP contribution in [0.1, 0.15) is 49.4 Å². The molecule has 0 aliphatic heterocycles. The first-order valence-corrected chi connectivity index (χ1v) is 7.17. The summed E-state index contributed by atoms with van der Waals surface area (Å²) < 4.78 is 5.14. The largest absolute Gasteiger partial charge is 0.497 e. The summed E-state index contributed by atoms with van der Waals surface area (Å²) in [6.45, 7) is 2.25. The van der Waals surface area contributed by atoms with E-state index >= 15 is 0 Å². The first kappa shape index (κ1) is 13.9. The molecule has 1 aliphatic rings. The minimum atomic E-state index is 0.0128. The number of hydrogen-bond donors (Lipinski definition) is 1. The van der Waals surface area contributed by atoms with Crippen molar-refractivity contribution < 1.29 is 9.53 Å². The fourth-order valence-electron chi connectivity index (χ4n) is 2.75. The number of benzene rings is 1. The first-order chi connectivity index (χ1) is 9.22. The Kier molecular flexibility index (Phi) is 4.83.